The zero-order valence-electron chi connectivity index (χ0n) is 16.8. The third-order valence-electron chi connectivity index (χ3n) is 5.15. The van der Waals surface area contributed by atoms with E-state index in [1.807, 2.05) is 41.8 Å². The first kappa shape index (κ1) is 20.8. The summed E-state index contributed by atoms with van der Waals surface area (Å²) in [5.41, 5.74) is 3.89. The van der Waals surface area contributed by atoms with E-state index in [2.05, 4.69) is 32.5 Å². The molecule has 3 aromatic rings. The molecule has 1 saturated heterocycles. The van der Waals surface area contributed by atoms with Gasteiger partial charge in [0.2, 0.25) is 5.91 Å². The Bertz CT molecular complexity index is 1010. The van der Waals surface area contributed by atoms with Crippen molar-refractivity contribution in [1.29, 1.82) is 0 Å². The average Bonchev–Trinajstić information content (AvgIpc) is 3.24. The number of anilines is 2. The molecule has 2 aromatic carbocycles. The van der Waals surface area contributed by atoms with Crippen LogP contribution in [-0.2, 0) is 4.79 Å². The lowest BCUT2D eigenvalue weighted by Crippen LogP contribution is -2.29. The molecule has 4 rings (SSSR count). The summed E-state index contributed by atoms with van der Waals surface area (Å²) in [7, 11) is 0. The van der Waals surface area contributed by atoms with Gasteiger partial charge < -0.3 is 10.2 Å². The van der Waals surface area contributed by atoms with Gasteiger partial charge >= 0.3 is 0 Å². The Kier molecular flexibility index (Phi) is 6.59. The van der Waals surface area contributed by atoms with Crippen LogP contribution in [0.3, 0.4) is 0 Å². The molecule has 0 aliphatic carbocycles. The maximum Gasteiger partial charge on any atom is 0.234 e. The van der Waals surface area contributed by atoms with Crippen LogP contribution in [0, 0.1) is 6.92 Å². The second kappa shape index (κ2) is 9.53. The lowest BCUT2D eigenvalue weighted by Gasteiger charge is -2.28. The number of benzene rings is 2. The minimum atomic E-state index is -0.0813. The Morgan fingerprint density at radius 3 is 2.57 bits per heavy atom. The van der Waals surface area contributed by atoms with E-state index >= 15 is 0 Å². The second-order valence-electron chi connectivity index (χ2n) is 7.35. The van der Waals surface area contributed by atoms with Gasteiger partial charge in [-0.3, -0.25) is 9.36 Å². The van der Waals surface area contributed by atoms with E-state index in [-0.39, 0.29) is 11.7 Å². The first-order valence-corrected chi connectivity index (χ1v) is 11.4. The smallest absolute Gasteiger partial charge is 0.234 e. The summed E-state index contributed by atoms with van der Waals surface area (Å²) in [6, 6.07) is 13.9. The van der Waals surface area contributed by atoms with Crippen LogP contribution >= 0.6 is 23.4 Å². The minimum absolute atomic E-state index is 0.0813. The van der Waals surface area contributed by atoms with Gasteiger partial charge in [-0.25, -0.2) is 0 Å². The highest BCUT2D eigenvalue weighted by molar-refractivity contribution is 7.99. The van der Waals surface area contributed by atoms with Crippen LogP contribution in [0.4, 0.5) is 11.4 Å². The summed E-state index contributed by atoms with van der Waals surface area (Å²) >= 11 is 7.57. The van der Waals surface area contributed by atoms with Crippen LogP contribution < -0.4 is 10.2 Å². The summed E-state index contributed by atoms with van der Waals surface area (Å²) in [5.74, 6) is 0.161. The molecule has 1 aliphatic heterocycles. The van der Waals surface area contributed by atoms with Gasteiger partial charge in [0.05, 0.1) is 11.4 Å². The Morgan fingerprint density at radius 2 is 1.83 bits per heavy atom. The number of hydrogen-bond donors (Lipinski definition) is 1. The first-order chi connectivity index (χ1) is 14.6. The Hall–Kier alpha value is -2.51. The molecule has 8 heteroatoms. The highest BCUT2D eigenvalue weighted by Gasteiger charge is 2.13. The number of thioether (sulfide) groups is 1. The molecule has 0 atom stereocenters. The summed E-state index contributed by atoms with van der Waals surface area (Å²) in [4.78, 5) is 14.8. The Balaban J connectivity index is 1.34. The predicted molar refractivity (Wildman–Crippen MR) is 123 cm³/mol. The van der Waals surface area contributed by atoms with Crippen LogP contribution in [0.2, 0.25) is 5.02 Å². The fraction of sp³-hybridized carbons (Fsp3) is 0.318. The number of amides is 1. The molecule has 1 fully saturated rings. The van der Waals surface area contributed by atoms with Crippen molar-refractivity contribution in [2.75, 3.05) is 29.1 Å². The highest BCUT2D eigenvalue weighted by Crippen LogP contribution is 2.25. The van der Waals surface area contributed by atoms with Crippen LogP contribution in [0.1, 0.15) is 24.8 Å². The third-order valence-corrected chi connectivity index (χ3v) is 6.50. The number of nitrogens with zero attached hydrogens (tertiary/aromatic N) is 4. The van der Waals surface area contributed by atoms with Crippen molar-refractivity contribution >= 4 is 40.6 Å². The fourth-order valence-electron chi connectivity index (χ4n) is 3.47. The van der Waals surface area contributed by atoms with E-state index in [4.69, 9.17) is 11.6 Å². The predicted octanol–water partition coefficient (Wildman–Crippen LogP) is 4.95. The monoisotopic (exact) mass is 441 g/mol. The summed E-state index contributed by atoms with van der Waals surface area (Å²) in [5, 5.41) is 12.4. The number of hydrogen-bond acceptors (Lipinski definition) is 5. The van der Waals surface area contributed by atoms with E-state index in [9.17, 15) is 4.79 Å². The molecule has 0 radical (unpaired) electrons. The standard InChI is InChI=1S/C22H24ClN5OS/c1-16-5-8-19(13-20(16)23)28-15-24-26-22(28)30-14-21(29)25-17-6-9-18(10-7-17)27-11-3-2-4-12-27/h5-10,13,15H,2-4,11-12,14H2,1H3,(H,25,29). The van der Waals surface area contributed by atoms with Crippen molar-refractivity contribution < 1.29 is 4.79 Å². The normalized spacial score (nSPS) is 14.0. The number of nitrogens with one attached hydrogen (secondary N) is 1. The summed E-state index contributed by atoms with van der Waals surface area (Å²) in [6.45, 7) is 4.17. The number of carbonyl (C=O) groups excluding carboxylic acids is 1. The van der Waals surface area contributed by atoms with Crippen molar-refractivity contribution in [3.05, 3.63) is 59.4 Å². The zero-order chi connectivity index (χ0) is 20.9. The molecule has 2 heterocycles. The van der Waals surface area contributed by atoms with Crippen molar-refractivity contribution in [2.24, 2.45) is 0 Å². The molecule has 0 saturated carbocycles. The average molecular weight is 442 g/mol. The largest absolute Gasteiger partial charge is 0.372 e. The van der Waals surface area contributed by atoms with E-state index < -0.39 is 0 Å². The zero-order valence-corrected chi connectivity index (χ0v) is 18.4. The quantitative estimate of drug-likeness (QED) is 0.548. The highest BCUT2D eigenvalue weighted by atomic mass is 35.5. The van der Waals surface area contributed by atoms with Gasteiger partial charge in [0.1, 0.15) is 6.33 Å². The number of piperidine rings is 1. The number of halogens is 1. The van der Waals surface area contributed by atoms with Gasteiger partial charge in [0.25, 0.3) is 0 Å². The summed E-state index contributed by atoms with van der Waals surface area (Å²) in [6.07, 6.45) is 5.43. The molecule has 6 nitrogen and oxygen atoms in total. The van der Waals surface area contributed by atoms with Gasteiger partial charge in [-0.05, 0) is 68.1 Å². The molecule has 1 aliphatic rings. The topological polar surface area (TPSA) is 63.1 Å². The number of aryl methyl sites for hydroxylation is 1. The maximum absolute atomic E-state index is 12.4. The van der Waals surface area contributed by atoms with E-state index in [1.54, 1.807) is 6.33 Å². The molecule has 156 valence electrons. The van der Waals surface area contributed by atoms with Crippen molar-refractivity contribution in [3.63, 3.8) is 0 Å². The number of rotatable bonds is 6. The molecule has 1 aromatic heterocycles. The van der Waals surface area contributed by atoms with Gasteiger partial charge in [-0.15, -0.1) is 10.2 Å². The summed E-state index contributed by atoms with van der Waals surface area (Å²) < 4.78 is 1.83. The molecular formula is C22H24ClN5OS. The molecule has 0 bridgehead atoms. The second-order valence-corrected chi connectivity index (χ2v) is 8.70. The van der Waals surface area contributed by atoms with Crippen molar-refractivity contribution in [3.8, 4) is 5.69 Å². The van der Waals surface area contributed by atoms with Crippen molar-refractivity contribution in [2.45, 2.75) is 31.3 Å². The molecule has 0 unspecified atom stereocenters. The number of aromatic nitrogens is 3. The van der Waals surface area contributed by atoms with Crippen LogP contribution in [0.15, 0.2) is 53.9 Å². The van der Waals surface area contributed by atoms with Crippen molar-refractivity contribution in [1.82, 2.24) is 14.8 Å². The van der Waals surface area contributed by atoms with Crippen LogP contribution in [0.25, 0.3) is 5.69 Å². The molecule has 1 N–H and O–H groups in total. The SMILES string of the molecule is Cc1ccc(-n2cnnc2SCC(=O)Nc2ccc(N3CCCCC3)cc2)cc1Cl. The lowest BCUT2D eigenvalue weighted by atomic mass is 10.1. The van der Waals surface area contributed by atoms with Gasteiger partial charge in [0.15, 0.2) is 5.16 Å². The maximum atomic E-state index is 12.4. The van der Waals surface area contributed by atoms with E-state index in [0.717, 1.165) is 30.0 Å². The van der Waals surface area contributed by atoms with E-state index in [1.165, 1.54) is 36.7 Å². The van der Waals surface area contributed by atoms with Gasteiger partial charge in [0, 0.05) is 29.5 Å². The molecule has 1 amide bonds. The molecule has 30 heavy (non-hydrogen) atoms. The lowest BCUT2D eigenvalue weighted by molar-refractivity contribution is -0.113. The number of carbonyl (C=O) groups is 1. The molecule has 0 spiro atoms. The van der Waals surface area contributed by atoms with Gasteiger partial charge in [-0.2, -0.15) is 0 Å². The Morgan fingerprint density at radius 1 is 1.10 bits per heavy atom. The third kappa shape index (κ3) is 4.96. The first-order valence-electron chi connectivity index (χ1n) is 10.0. The minimum Gasteiger partial charge on any atom is -0.372 e. The van der Waals surface area contributed by atoms with Crippen LogP contribution in [-0.4, -0.2) is 39.5 Å². The fourth-order valence-corrected chi connectivity index (χ4v) is 4.37. The molecular weight excluding hydrogens is 418 g/mol. The van der Waals surface area contributed by atoms with E-state index in [0.29, 0.717) is 10.2 Å². The van der Waals surface area contributed by atoms with Gasteiger partial charge in [-0.1, -0.05) is 29.4 Å². The van der Waals surface area contributed by atoms with Crippen LogP contribution in [0.5, 0.6) is 0 Å². The Labute approximate surface area is 185 Å².